The number of carbonyl (C=O) groups is 1. The van der Waals surface area contributed by atoms with Crippen LogP contribution >= 0.6 is 0 Å². The number of ether oxygens (including phenoxy) is 1. The molecule has 1 fully saturated rings. The molecule has 0 bridgehead atoms. The number of piperidine rings is 1. The van der Waals surface area contributed by atoms with Crippen LogP contribution in [0.15, 0.2) is 0 Å². The Kier molecular flexibility index (Phi) is 3.53. The van der Waals surface area contributed by atoms with Crippen molar-refractivity contribution >= 4 is 5.97 Å². The van der Waals surface area contributed by atoms with Crippen molar-refractivity contribution < 1.29 is 9.53 Å². The quantitative estimate of drug-likeness (QED) is 0.602. The second kappa shape index (κ2) is 4.30. The molecule has 1 atom stereocenters. The molecule has 3 nitrogen and oxygen atoms in total. The summed E-state index contributed by atoms with van der Waals surface area (Å²) in [6, 6.07) is 0. The first kappa shape index (κ1) is 11.5. The average Bonchev–Trinajstić information content (AvgIpc) is 2.02. The predicted molar refractivity (Wildman–Crippen MR) is 56.1 cm³/mol. The zero-order valence-corrected chi connectivity index (χ0v) is 9.67. The molecule has 1 aliphatic rings. The zero-order valence-electron chi connectivity index (χ0n) is 9.67. The summed E-state index contributed by atoms with van der Waals surface area (Å²) in [6.07, 6.45) is 2.23. The first-order valence-corrected chi connectivity index (χ1v) is 5.29. The van der Waals surface area contributed by atoms with Gasteiger partial charge in [-0.15, -0.1) is 0 Å². The smallest absolute Gasteiger partial charge is 0.311 e. The van der Waals surface area contributed by atoms with Gasteiger partial charge in [0.25, 0.3) is 0 Å². The highest BCUT2D eigenvalue weighted by atomic mass is 16.5. The fourth-order valence-electron chi connectivity index (χ4n) is 1.54. The highest BCUT2D eigenvalue weighted by Crippen LogP contribution is 2.19. The van der Waals surface area contributed by atoms with Crippen LogP contribution in [0.2, 0.25) is 0 Å². The van der Waals surface area contributed by atoms with E-state index in [0.717, 1.165) is 25.9 Å². The van der Waals surface area contributed by atoms with Crippen molar-refractivity contribution in [3.8, 4) is 0 Å². The van der Waals surface area contributed by atoms with Crippen LogP contribution in [0.25, 0.3) is 0 Å². The normalized spacial score (nSPS) is 24.7. The van der Waals surface area contributed by atoms with Crippen LogP contribution in [0.3, 0.4) is 0 Å². The summed E-state index contributed by atoms with van der Waals surface area (Å²) in [5.74, 6) is -0.0854. The molecule has 0 amide bonds. The van der Waals surface area contributed by atoms with E-state index in [9.17, 15) is 4.79 Å². The number of nitrogens with zero attached hydrogens (tertiary/aromatic N) is 1. The minimum Gasteiger partial charge on any atom is -0.461 e. The highest BCUT2D eigenvalue weighted by Gasteiger charge is 2.28. The van der Waals surface area contributed by atoms with Crippen molar-refractivity contribution in [2.24, 2.45) is 5.41 Å². The Hall–Kier alpha value is -0.570. The summed E-state index contributed by atoms with van der Waals surface area (Å²) in [6.45, 7) is 7.66. The molecular formula is C11H21NO2. The van der Waals surface area contributed by atoms with E-state index in [2.05, 4.69) is 11.9 Å². The third-order valence-corrected chi connectivity index (χ3v) is 2.47. The topological polar surface area (TPSA) is 29.5 Å². The van der Waals surface area contributed by atoms with Gasteiger partial charge in [-0.25, -0.2) is 0 Å². The van der Waals surface area contributed by atoms with Gasteiger partial charge in [-0.3, -0.25) is 4.79 Å². The van der Waals surface area contributed by atoms with Crippen LogP contribution in [0, 0.1) is 5.41 Å². The molecule has 1 rings (SSSR count). The maximum atomic E-state index is 11.6. The molecule has 0 aromatic heterocycles. The summed E-state index contributed by atoms with van der Waals surface area (Å²) in [5, 5.41) is 0. The summed E-state index contributed by atoms with van der Waals surface area (Å²) in [7, 11) is 2.07. The first-order valence-electron chi connectivity index (χ1n) is 5.29. The number of esters is 1. The van der Waals surface area contributed by atoms with Crippen molar-refractivity contribution in [3.05, 3.63) is 0 Å². The highest BCUT2D eigenvalue weighted by molar-refractivity contribution is 5.75. The molecule has 1 saturated heterocycles. The Bertz CT molecular complexity index is 208. The van der Waals surface area contributed by atoms with Crippen LogP contribution in [-0.4, -0.2) is 37.1 Å². The molecule has 0 saturated carbocycles. The SMILES string of the molecule is CN1CCCC(OC(=O)C(C)(C)C)C1. The monoisotopic (exact) mass is 199 g/mol. The van der Waals surface area contributed by atoms with E-state index in [1.54, 1.807) is 0 Å². The average molecular weight is 199 g/mol. The molecule has 0 spiro atoms. The molecule has 0 N–H and O–H groups in total. The molecular weight excluding hydrogens is 178 g/mol. The van der Waals surface area contributed by atoms with Crippen molar-refractivity contribution in [1.82, 2.24) is 4.90 Å². The summed E-state index contributed by atoms with van der Waals surface area (Å²) >= 11 is 0. The molecule has 0 aromatic rings. The first-order chi connectivity index (χ1) is 6.39. The second-order valence-electron chi connectivity index (χ2n) is 5.18. The second-order valence-corrected chi connectivity index (χ2v) is 5.18. The number of hydrogen-bond donors (Lipinski definition) is 0. The van der Waals surface area contributed by atoms with E-state index in [1.807, 2.05) is 20.8 Å². The lowest BCUT2D eigenvalue weighted by atomic mass is 9.97. The Morgan fingerprint density at radius 2 is 2.07 bits per heavy atom. The minimum absolute atomic E-state index is 0.0854. The summed E-state index contributed by atoms with van der Waals surface area (Å²) in [5.41, 5.74) is -0.379. The predicted octanol–water partition coefficient (Wildman–Crippen LogP) is 1.67. The standard InChI is InChI=1S/C11H21NO2/c1-11(2,3)10(13)14-9-6-5-7-12(4)8-9/h9H,5-8H2,1-4H3. The van der Waals surface area contributed by atoms with Gasteiger partial charge in [-0.2, -0.15) is 0 Å². The van der Waals surface area contributed by atoms with Gasteiger partial charge in [0.2, 0.25) is 0 Å². The summed E-state index contributed by atoms with van der Waals surface area (Å²) < 4.78 is 5.45. The number of hydrogen-bond acceptors (Lipinski definition) is 3. The zero-order chi connectivity index (χ0) is 10.8. The van der Waals surface area contributed by atoms with E-state index in [1.165, 1.54) is 0 Å². The number of carbonyl (C=O) groups excluding carboxylic acids is 1. The maximum Gasteiger partial charge on any atom is 0.311 e. The Labute approximate surface area is 86.4 Å². The van der Waals surface area contributed by atoms with Gasteiger partial charge in [0.15, 0.2) is 0 Å². The van der Waals surface area contributed by atoms with E-state index in [0.29, 0.717) is 0 Å². The van der Waals surface area contributed by atoms with E-state index >= 15 is 0 Å². The lowest BCUT2D eigenvalue weighted by molar-refractivity contribution is -0.160. The molecule has 0 aromatic carbocycles. The van der Waals surface area contributed by atoms with Gasteiger partial charge < -0.3 is 9.64 Å². The Morgan fingerprint density at radius 1 is 1.43 bits per heavy atom. The van der Waals surface area contributed by atoms with Crippen LogP contribution in [0.1, 0.15) is 33.6 Å². The molecule has 3 heteroatoms. The van der Waals surface area contributed by atoms with Crippen LogP contribution in [0.5, 0.6) is 0 Å². The number of likely N-dealkylation sites (tertiary alicyclic amines) is 1. The summed E-state index contributed by atoms with van der Waals surface area (Å²) in [4.78, 5) is 13.8. The molecule has 14 heavy (non-hydrogen) atoms. The Balaban J connectivity index is 2.40. The lowest BCUT2D eigenvalue weighted by Crippen LogP contribution is -2.40. The number of rotatable bonds is 1. The molecule has 1 heterocycles. The molecule has 82 valence electrons. The minimum atomic E-state index is -0.379. The molecule has 1 unspecified atom stereocenters. The molecule has 0 aliphatic carbocycles. The van der Waals surface area contributed by atoms with Crippen molar-refractivity contribution in [3.63, 3.8) is 0 Å². The fourth-order valence-corrected chi connectivity index (χ4v) is 1.54. The van der Waals surface area contributed by atoms with Gasteiger partial charge in [0, 0.05) is 6.54 Å². The van der Waals surface area contributed by atoms with Crippen LogP contribution < -0.4 is 0 Å². The van der Waals surface area contributed by atoms with E-state index in [-0.39, 0.29) is 17.5 Å². The van der Waals surface area contributed by atoms with Gasteiger partial charge in [-0.1, -0.05) is 0 Å². The largest absolute Gasteiger partial charge is 0.461 e. The maximum absolute atomic E-state index is 11.6. The van der Waals surface area contributed by atoms with Gasteiger partial charge >= 0.3 is 5.97 Å². The van der Waals surface area contributed by atoms with Crippen LogP contribution in [-0.2, 0) is 9.53 Å². The van der Waals surface area contributed by atoms with Crippen molar-refractivity contribution in [1.29, 1.82) is 0 Å². The lowest BCUT2D eigenvalue weighted by Gasteiger charge is -2.31. The van der Waals surface area contributed by atoms with Crippen molar-refractivity contribution in [2.75, 3.05) is 20.1 Å². The fraction of sp³-hybridized carbons (Fsp3) is 0.909. The van der Waals surface area contributed by atoms with Gasteiger partial charge in [0.05, 0.1) is 5.41 Å². The third kappa shape index (κ3) is 3.29. The van der Waals surface area contributed by atoms with Gasteiger partial charge in [-0.05, 0) is 47.2 Å². The number of likely N-dealkylation sites (N-methyl/N-ethyl adjacent to an activating group) is 1. The van der Waals surface area contributed by atoms with E-state index in [4.69, 9.17) is 4.74 Å². The van der Waals surface area contributed by atoms with Crippen LogP contribution in [0.4, 0.5) is 0 Å². The molecule has 1 aliphatic heterocycles. The van der Waals surface area contributed by atoms with E-state index < -0.39 is 0 Å². The van der Waals surface area contributed by atoms with Gasteiger partial charge in [0.1, 0.15) is 6.10 Å². The Morgan fingerprint density at radius 3 is 2.57 bits per heavy atom. The third-order valence-electron chi connectivity index (χ3n) is 2.47. The molecule has 0 radical (unpaired) electrons. The van der Waals surface area contributed by atoms with Crippen molar-refractivity contribution in [2.45, 2.75) is 39.7 Å².